The minimum Gasteiger partial charge on any atom is -0.345 e. The monoisotopic (exact) mass is 400 g/mol. The fourth-order valence-corrected chi connectivity index (χ4v) is 3.82. The maximum absolute atomic E-state index is 14.7. The lowest BCUT2D eigenvalue weighted by atomic mass is 10.0. The van der Waals surface area contributed by atoms with Gasteiger partial charge in [0.1, 0.15) is 5.56 Å². The van der Waals surface area contributed by atoms with Crippen LogP contribution in [-0.4, -0.2) is 10.5 Å². The number of aromatic nitrogens is 1. The van der Waals surface area contributed by atoms with Gasteiger partial charge in [-0.15, -0.1) is 0 Å². The number of para-hydroxylation sites is 1. The summed E-state index contributed by atoms with van der Waals surface area (Å²) in [6, 6.07) is 5.89. The summed E-state index contributed by atoms with van der Waals surface area (Å²) in [4.78, 5) is 25.7. The van der Waals surface area contributed by atoms with Gasteiger partial charge in [-0.3, -0.25) is 9.59 Å². The molecular weight excluding hydrogens is 367 g/mol. The van der Waals surface area contributed by atoms with Crippen LogP contribution in [0.25, 0.3) is 0 Å². The van der Waals surface area contributed by atoms with Gasteiger partial charge in [-0.25, -0.2) is 4.39 Å². The zero-order valence-electron chi connectivity index (χ0n) is 18.3. The molecule has 0 radical (unpaired) electrons. The van der Waals surface area contributed by atoms with E-state index < -0.39 is 17.2 Å². The lowest BCUT2D eigenvalue weighted by molar-refractivity contribution is 0.102. The summed E-state index contributed by atoms with van der Waals surface area (Å²) in [5.74, 6) is -1.37. The SMILES string of the molecule is CCCCCCn1c(C)c(F)c(=O)c(C(=O)Nc2c(CC)cccc2CC)c1C. The number of aryl methyl sites for hydroxylation is 2. The summed E-state index contributed by atoms with van der Waals surface area (Å²) in [5, 5.41) is 2.91. The molecule has 2 rings (SSSR count). The second kappa shape index (κ2) is 10.4. The zero-order chi connectivity index (χ0) is 21.6. The summed E-state index contributed by atoms with van der Waals surface area (Å²) >= 11 is 0. The third kappa shape index (κ3) is 4.95. The first-order chi connectivity index (χ1) is 13.9. The quantitative estimate of drug-likeness (QED) is 0.560. The number of hydrogen-bond donors (Lipinski definition) is 1. The van der Waals surface area contributed by atoms with Crippen LogP contribution < -0.4 is 10.7 Å². The van der Waals surface area contributed by atoms with Crippen LogP contribution in [0, 0.1) is 19.7 Å². The Labute approximate surface area is 173 Å². The van der Waals surface area contributed by atoms with E-state index in [1.807, 2.05) is 32.0 Å². The molecule has 0 aliphatic heterocycles. The van der Waals surface area contributed by atoms with Gasteiger partial charge in [0.15, 0.2) is 5.82 Å². The number of unbranched alkanes of at least 4 members (excludes halogenated alkanes) is 3. The predicted molar refractivity (Wildman–Crippen MR) is 117 cm³/mol. The van der Waals surface area contributed by atoms with Crippen LogP contribution in [0.3, 0.4) is 0 Å². The fourth-order valence-electron chi connectivity index (χ4n) is 3.82. The van der Waals surface area contributed by atoms with Crippen LogP contribution in [0.15, 0.2) is 23.0 Å². The topological polar surface area (TPSA) is 51.1 Å². The van der Waals surface area contributed by atoms with E-state index in [4.69, 9.17) is 0 Å². The molecule has 4 nitrogen and oxygen atoms in total. The van der Waals surface area contributed by atoms with Crippen molar-refractivity contribution in [2.75, 3.05) is 5.32 Å². The average molecular weight is 401 g/mol. The number of pyridine rings is 1. The summed E-state index contributed by atoms with van der Waals surface area (Å²) in [5.41, 5.74) is 2.63. The lowest BCUT2D eigenvalue weighted by Crippen LogP contribution is -2.30. The summed E-state index contributed by atoms with van der Waals surface area (Å²) in [6.07, 6.45) is 5.66. The first-order valence-corrected chi connectivity index (χ1v) is 10.7. The minimum atomic E-state index is -0.837. The molecule has 1 amide bonds. The summed E-state index contributed by atoms with van der Waals surface area (Å²) in [6.45, 7) is 10.1. The second-order valence-electron chi connectivity index (χ2n) is 7.51. The van der Waals surface area contributed by atoms with Crippen LogP contribution in [0.4, 0.5) is 10.1 Å². The maximum atomic E-state index is 14.7. The van der Waals surface area contributed by atoms with E-state index in [1.165, 1.54) is 0 Å². The Morgan fingerprint density at radius 2 is 1.62 bits per heavy atom. The number of carbonyl (C=O) groups is 1. The Morgan fingerprint density at radius 1 is 1.00 bits per heavy atom. The third-order valence-corrected chi connectivity index (χ3v) is 5.62. The number of halogens is 1. The highest BCUT2D eigenvalue weighted by Gasteiger charge is 2.23. The van der Waals surface area contributed by atoms with Gasteiger partial charge < -0.3 is 9.88 Å². The molecule has 158 valence electrons. The van der Waals surface area contributed by atoms with Gasteiger partial charge in [-0.05, 0) is 44.2 Å². The molecule has 2 aromatic rings. The van der Waals surface area contributed by atoms with Crippen molar-refractivity contribution in [2.24, 2.45) is 0 Å². The van der Waals surface area contributed by atoms with Gasteiger partial charge >= 0.3 is 0 Å². The molecule has 0 aliphatic rings. The van der Waals surface area contributed by atoms with Gasteiger partial charge in [0.05, 0.1) is 5.69 Å². The van der Waals surface area contributed by atoms with Crippen molar-refractivity contribution >= 4 is 11.6 Å². The van der Waals surface area contributed by atoms with E-state index in [1.54, 1.807) is 18.4 Å². The van der Waals surface area contributed by atoms with Gasteiger partial charge in [-0.2, -0.15) is 0 Å². The van der Waals surface area contributed by atoms with E-state index in [2.05, 4.69) is 12.2 Å². The van der Waals surface area contributed by atoms with Crippen LogP contribution in [-0.2, 0) is 19.4 Å². The summed E-state index contributed by atoms with van der Waals surface area (Å²) < 4.78 is 16.5. The first kappa shape index (κ1) is 22.9. The van der Waals surface area contributed by atoms with E-state index >= 15 is 0 Å². The smallest absolute Gasteiger partial charge is 0.261 e. The predicted octanol–water partition coefficient (Wildman–Crippen LogP) is 5.56. The normalized spacial score (nSPS) is 11.0. The zero-order valence-corrected chi connectivity index (χ0v) is 18.3. The Morgan fingerprint density at radius 3 is 2.17 bits per heavy atom. The van der Waals surface area contributed by atoms with Crippen molar-refractivity contribution in [1.29, 1.82) is 0 Å². The Balaban J connectivity index is 2.45. The molecule has 1 aromatic heterocycles. The van der Waals surface area contributed by atoms with Crippen LogP contribution in [0.1, 0.15) is 79.3 Å². The molecule has 0 saturated carbocycles. The number of anilines is 1. The van der Waals surface area contributed by atoms with Crippen LogP contribution in [0.2, 0.25) is 0 Å². The van der Waals surface area contributed by atoms with E-state index in [-0.39, 0.29) is 5.56 Å². The van der Waals surface area contributed by atoms with Gasteiger partial charge in [0.25, 0.3) is 5.91 Å². The van der Waals surface area contributed by atoms with Crippen molar-refractivity contribution < 1.29 is 9.18 Å². The molecule has 1 N–H and O–H groups in total. The number of nitrogens with zero attached hydrogens (tertiary/aromatic N) is 1. The second-order valence-corrected chi connectivity index (χ2v) is 7.51. The Hall–Kier alpha value is -2.43. The molecule has 0 aliphatic carbocycles. The first-order valence-electron chi connectivity index (χ1n) is 10.7. The number of amides is 1. The largest absolute Gasteiger partial charge is 0.345 e. The molecule has 0 fully saturated rings. The van der Waals surface area contributed by atoms with Crippen molar-refractivity contribution in [2.45, 2.75) is 79.7 Å². The van der Waals surface area contributed by atoms with Gasteiger partial charge in [0.2, 0.25) is 5.43 Å². The highest BCUT2D eigenvalue weighted by Crippen LogP contribution is 2.24. The van der Waals surface area contributed by atoms with E-state index in [0.29, 0.717) is 17.9 Å². The molecule has 5 heteroatoms. The molecule has 0 saturated heterocycles. The molecule has 0 spiro atoms. The molecule has 1 heterocycles. The highest BCUT2D eigenvalue weighted by molar-refractivity contribution is 6.05. The number of hydrogen-bond acceptors (Lipinski definition) is 2. The molecular formula is C24H33FN2O2. The molecule has 0 bridgehead atoms. The number of nitrogens with one attached hydrogen (secondary N) is 1. The molecule has 0 unspecified atom stereocenters. The Kier molecular flexibility index (Phi) is 8.18. The van der Waals surface area contributed by atoms with Crippen molar-refractivity contribution in [3.05, 3.63) is 62.3 Å². The number of rotatable bonds is 9. The minimum absolute atomic E-state index is 0.100. The fraction of sp³-hybridized carbons (Fsp3) is 0.500. The van der Waals surface area contributed by atoms with Crippen molar-refractivity contribution in [3.8, 4) is 0 Å². The van der Waals surface area contributed by atoms with E-state index in [0.717, 1.165) is 55.3 Å². The lowest BCUT2D eigenvalue weighted by Gasteiger charge is -2.19. The number of benzene rings is 1. The standard InChI is InChI=1S/C24H33FN2O2/c1-6-9-10-11-15-27-16(4)20(23(28)21(25)17(27)5)24(29)26-22-18(7-2)13-12-14-19(22)8-3/h12-14H,6-11,15H2,1-5H3,(H,26,29). The van der Waals surface area contributed by atoms with Crippen LogP contribution in [0.5, 0.6) is 0 Å². The Bertz CT molecular complexity index is 909. The average Bonchev–Trinajstić information content (AvgIpc) is 2.71. The molecule has 29 heavy (non-hydrogen) atoms. The van der Waals surface area contributed by atoms with Crippen LogP contribution >= 0.6 is 0 Å². The van der Waals surface area contributed by atoms with Gasteiger partial charge in [-0.1, -0.05) is 58.2 Å². The van der Waals surface area contributed by atoms with Gasteiger partial charge in [0, 0.05) is 17.9 Å². The maximum Gasteiger partial charge on any atom is 0.261 e. The number of carbonyl (C=O) groups excluding carboxylic acids is 1. The van der Waals surface area contributed by atoms with Crippen molar-refractivity contribution in [1.82, 2.24) is 4.57 Å². The van der Waals surface area contributed by atoms with E-state index in [9.17, 15) is 14.0 Å². The molecule has 0 atom stereocenters. The van der Waals surface area contributed by atoms with Crippen molar-refractivity contribution in [3.63, 3.8) is 0 Å². The summed E-state index contributed by atoms with van der Waals surface area (Å²) in [7, 11) is 0. The third-order valence-electron chi connectivity index (χ3n) is 5.62. The highest BCUT2D eigenvalue weighted by atomic mass is 19.1. The molecule has 1 aromatic carbocycles.